The van der Waals surface area contributed by atoms with Crippen LogP contribution >= 0.6 is 0 Å². The first-order valence-corrected chi connectivity index (χ1v) is 6.20. The predicted octanol–water partition coefficient (Wildman–Crippen LogP) is 1.16. The Morgan fingerprint density at radius 3 is 2.00 bits per heavy atom. The second-order valence-corrected chi connectivity index (χ2v) is 4.29. The Labute approximate surface area is 102 Å². The van der Waals surface area contributed by atoms with Crippen molar-refractivity contribution < 1.29 is 24.9 Å². The summed E-state index contributed by atoms with van der Waals surface area (Å²) in [4.78, 5) is 11.9. The largest absolute Gasteiger partial charge is 0.465 e. The smallest absolute Gasteiger partial charge is 0.320 e. The SMILES string of the molecule is CCCCC(CCC)(C(=O)OCC)C(O)(O)O. The average molecular weight is 248 g/mol. The molecular weight excluding hydrogens is 224 g/mol. The summed E-state index contributed by atoms with van der Waals surface area (Å²) in [5.74, 6) is -3.78. The molecule has 0 aromatic rings. The van der Waals surface area contributed by atoms with Crippen molar-refractivity contribution in [3.63, 3.8) is 0 Å². The third-order valence-electron chi connectivity index (χ3n) is 2.94. The van der Waals surface area contributed by atoms with Crippen LogP contribution in [0.5, 0.6) is 0 Å². The van der Waals surface area contributed by atoms with Gasteiger partial charge in [-0.3, -0.25) is 4.79 Å². The van der Waals surface area contributed by atoms with Gasteiger partial charge in [-0.2, -0.15) is 0 Å². The highest BCUT2D eigenvalue weighted by Gasteiger charge is 2.54. The fraction of sp³-hybridized carbons (Fsp3) is 0.917. The van der Waals surface area contributed by atoms with Gasteiger partial charge in [0.15, 0.2) is 0 Å². The van der Waals surface area contributed by atoms with Gasteiger partial charge in [-0.05, 0) is 19.8 Å². The first-order chi connectivity index (χ1) is 7.85. The molecule has 0 fully saturated rings. The highest BCUT2D eigenvalue weighted by atomic mass is 16.7. The molecule has 0 radical (unpaired) electrons. The van der Waals surface area contributed by atoms with Gasteiger partial charge in [0.05, 0.1) is 6.61 Å². The predicted molar refractivity (Wildman–Crippen MR) is 62.9 cm³/mol. The van der Waals surface area contributed by atoms with Crippen LogP contribution in [0.3, 0.4) is 0 Å². The zero-order chi connectivity index (χ0) is 13.5. The fourth-order valence-electron chi connectivity index (χ4n) is 1.98. The van der Waals surface area contributed by atoms with E-state index in [1.54, 1.807) is 6.92 Å². The van der Waals surface area contributed by atoms with E-state index < -0.39 is 17.4 Å². The molecule has 102 valence electrons. The molecule has 0 aliphatic heterocycles. The molecule has 0 spiro atoms. The quantitative estimate of drug-likeness (QED) is 0.443. The highest BCUT2D eigenvalue weighted by molar-refractivity contribution is 5.77. The number of unbranched alkanes of at least 4 members (excludes halogenated alkanes) is 1. The van der Waals surface area contributed by atoms with E-state index in [1.807, 2.05) is 13.8 Å². The Kier molecular flexibility index (Phi) is 6.67. The Morgan fingerprint density at radius 2 is 1.65 bits per heavy atom. The summed E-state index contributed by atoms with van der Waals surface area (Å²) in [5, 5.41) is 28.5. The lowest BCUT2D eigenvalue weighted by Crippen LogP contribution is -2.54. The topological polar surface area (TPSA) is 87.0 Å². The monoisotopic (exact) mass is 248 g/mol. The first kappa shape index (κ1) is 16.4. The van der Waals surface area contributed by atoms with Crippen LogP contribution in [0.15, 0.2) is 0 Å². The van der Waals surface area contributed by atoms with Crippen LogP contribution in [0.4, 0.5) is 0 Å². The van der Waals surface area contributed by atoms with Gasteiger partial charge in [0.25, 0.3) is 5.97 Å². The molecule has 1 unspecified atom stereocenters. The number of rotatable bonds is 8. The van der Waals surface area contributed by atoms with E-state index in [-0.39, 0.29) is 19.4 Å². The fourth-order valence-corrected chi connectivity index (χ4v) is 1.98. The zero-order valence-electron chi connectivity index (χ0n) is 10.9. The van der Waals surface area contributed by atoms with Crippen molar-refractivity contribution in [2.75, 3.05) is 6.61 Å². The van der Waals surface area contributed by atoms with Crippen LogP contribution in [-0.4, -0.2) is 33.9 Å². The summed E-state index contributed by atoms with van der Waals surface area (Å²) in [6.07, 6.45) is 2.32. The number of hydrogen-bond acceptors (Lipinski definition) is 5. The number of carbonyl (C=O) groups is 1. The molecule has 0 aliphatic carbocycles. The van der Waals surface area contributed by atoms with Crippen molar-refractivity contribution in [2.24, 2.45) is 5.41 Å². The van der Waals surface area contributed by atoms with Crippen LogP contribution in [0.1, 0.15) is 52.9 Å². The Hall–Kier alpha value is -0.650. The van der Waals surface area contributed by atoms with Crippen molar-refractivity contribution in [1.82, 2.24) is 0 Å². The van der Waals surface area contributed by atoms with E-state index >= 15 is 0 Å². The van der Waals surface area contributed by atoms with Crippen LogP contribution < -0.4 is 0 Å². The van der Waals surface area contributed by atoms with Gasteiger partial charge >= 0.3 is 5.97 Å². The van der Waals surface area contributed by atoms with Crippen molar-refractivity contribution in [2.45, 2.75) is 58.8 Å². The molecule has 1 atom stereocenters. The number of ether oxygens (including phenoxy) is 1. The molecule has 0 saturated carbocycles. The highest BCUT2D eigenvalue weighted by Crippen LogP contribution is 2.40. The van der Waals surface area contributed by atoms with Crippen molar-refractivity contribution >= 4 is 5.97 Å². The van der Waals surface area contributed by atoms with E-state index in [1.165, 1.54) is 0 Å². The van der Waals surface area contributed by atoms with Gasteiger partial charge in [0, 0.05) is 0 Å². The van der Waals surface area contributed by atoms with Crippen LogP contribution in [-0.2, 0) is 9.53 Å². The van der Waals surface area contributed by atoms with Crippen molar-refractivity contribution in [1.29, 1.82) is 0 Å². The maximum atomic E-state index is 11.9. The Bertz CT molecular complexity index is 234. The molecule has 3 N–H and O–H groups in total. The second-order valence-electron chi connectivity index (χ2n) is 4.29. The summed E-state index contributed by atoms with van der Waals surface area (Å²) >= 11 is 0. The van der Waals surface area contributed by atoms with Crippen LogP contribution in [0.25, 0.3) is 0 Å². The lowest BCUT2D eigenvalue weighted by atomic mass is 9.76. The summed E-state index contributed by atoms with van der Waals surface area (Å²) in [5.41, 5.74) is -1.65. The summed E-state index contributed by atoms with van der Waals surface area (Å²) in [6.45, 7) is 5.52. The number of esters is 1. The normalized spacial score (nSPS) is 15.4. The first-order valence-electron chi connectivity index (χ1n) is 6.20. The molecule has 0 heterocycles. The third kappa shape index (κ3) is 3.94. The van der Waals surface area contributed by atoms with Crippen LogP contribution in [0, 0.1) is 5.41 Å². The van der Waals surface area contributed by atoms with Crippen LogP contribution in [0.2, 0.25) is 0 Å². The minimum atomic E-state index is -3.04. The van der Waals surface area contributed by atoms with Gasteiger partial charge in [0.2, 0.25) is 0 Å². The number of carbonyl (C=O) groups excluding carboxylic acids is 1. The molecular formula is C12H24O5. The van der Waals surface area contributed by atoms with E-state index in [0.29, 0.717) is 12.8 Å². The summed E-state index contributed by atoms with van der Waals surface area (Å²) in [7, 11) is 0. The summed E-state index contributed by atoms with van der Waals surface area (Å²) in [6, 6.07) is 0. The minimum absolute atomic E-state index is 0.145. The van der Waals surface area contributed by atoms with Crippen molar-refractivity contribution in [3.8, 4) is 0 Å². The second kappa shape index (κ2) is 6.93. The lowest BCUT2D eigenvalue weighted by Gasteiger charge is -2.37. The zero-order valence-corrected chi connectivity index (χ0v) is 10.9. The third-order valence-corrected chi connectivity index (χ3v) is 2.94. The van der Waals surface area contributed by atoms with E-state index in [4.69, 9.17) is 4.74 Å². The van der Waals surface area contributed by atoms with Gasteiger partial charge < -0.3 is 20.1 Å². The molecule has 0 aliphatic rings. The van der Waals surface area contributed by atoms with Gasteiger partial charge in [-0.1, -0.05) is 33.1 Å². The Morgan fingerprint density at radius 1 is 1.06 bits per heavy atom. The van der Waals surface area contributed by atoms with Gasteiger partial charge in [0.1, 0.15) is 5.41 Å². The maximum Gasteiger partial charge on any atom is 0.320 e. The minimum Gasteiger partial charge on any atom is -0.465 e. The van der Waals surface area contributed by atoms with Crippen molar-refractivity contribution in [3.05, 3.63) is 0 Å². The molecule has 5 heteroatoms. The van der Waals surface area contributed by atoms with E-state index in [0.717, 1.165) is 6.42 Å². The molecule has 0 saturated heterocycles. The molecule has 0 amide bonds. The number of hydrogen-bond donors (Lipinski definition) is 3. The molecule has 0 bridgehead atoms. The molecule has 0 aromatic heterocycles. The van der Waals surface area contributed by atoms with Gasteiger partial charge in [-0.25, -0.2) is 0 Å². The molecule has 0 aromatic carbocycles. The van der Waals surface area contributed by atoms with E-state index in [9.17, 15) is 20.1 Å². The average Bonchev–Trinajstić information content (AvgIpc) is 2.22. The van der Waals surface area contributed by atoms with Gasteiger partial charge in [-0.15, -0.1) is 0 Å². The number of aliphatic hydroxyl groups is 3. The maximum absolute atomic E-state index is 11.9. The molecule has 5 nitrogen and oxygen atoms in total. The molecule has 17 heavy (non-hydrogen) atoms. The van der Waals surface area contributed by atoms with E-state index in [2.05, 4.69) is 0 Å². The standard InChI is InChI=1S/C12H24O5/c1-4-7-9-11(8-5-2,12(14,15)16)10(13)17-6-3/h14-16H,4-9H2,1-3H3. The molecule has 0 rings (SSSR count). The lowest BCUT2D eigenvalue weighted by molar-refractivity contribution is -0.371. The summed E-state index contributed by atoms with van der Waals surface area (Å²) < 4.78 is 4.86. The Balaban J connectivity index is 5.16.